The van der Waals surface area contributed by atoms with Crippen molar-refractivity contribution in [1.82, 2.24) is 0 Å². The average molecular weight is 688 g/mol. The third-order valence-electron chi connectivity index (χ3n) is 5.81. The number of rotatable bonds is 8. The SMILES string of the molecule is CCOc1cc(/C=C(\C#N)C(=O)Nc2sc3c(c2C#N)CCCC3)cc(Br)c1OCc1ccc(I)cc1. The smallest absolute Gasteiger partial charge is 0.266 e. The Kier molecular flexibility index (Phi) is 9.25. The number of nitrogens with one attached hydrogen (secondary N) is 1. The third-order valence-corrected chi connectivity index (χ3v) is 8.33. The summed E-state index contributed by atoms with van der Waals surface area (Å²) in [5.74, 6) is 0.498. The molecule has 6 nitrogen and oxygen atoms in total. The molecule has 188 valence electrons. The molecule has 0 fully saturated rings. The number of nitriles is 2. The Morgan fingerprint density at radius 2 is 1.95 bits per heavy atom. The van der Waals surface area contributed by atoms with Crippen LogP contribution in [0.15, 0.2) is 46.4 Å². The minimum atomic E-state index is -0.550. The molecule has 1 amide bonds. The first kappa shape index (κ1) is 27.2. The summed E-state index contributed by atoms with van der Waals surface area (Å²) in [6.45, 7) is 2.66. The number of carbonyl (C=O) groups is 1. The van der Waals surface area contributed by atoms with E-state index in [4.69, 9.17) is 9.47 Å². The molecule has 1 N–H and O–H groups in total. The Balaban J connectivity index is 1.57. The van der Waals surface area contributed by atoms with Crippen LogP contribution in [0.5, 0.6) is 11.5 Å². The fourth-order valence-electron chi connectivity index (χ4n) is 4.07. The van der Waals surface area contributed by atoms with Crippen LogP contribution in [0.4, 0.5) is 5.00 Å². The van der Waals surface area contributed by atoms with Crippen LogP contribution in [-0.4, -0.2) is 12.5 Å². The zero-order chi connectivity index (χ0) is 26.4. The predicted molar refractivity (Wildman–Crippen MR) is 157 cm³/mol. The summed E-state index contributed by atoms with van der Waals surface area (Å²) >= 11 is 7.24. The van der Waals surface area contributed by atoms with Gasteiger partial charge in [-0.2, -0.15) is 10.5 Å². The minimum absolute atomic E-state index is 0.0721. The van der Waals surface area contributed by atoms with E-state index in [2.05, 4.69) is 49.9 Å². The molecule has 1 aromatic heterocycles. The van der Waals surface area contributed by atoms with E-state index in [9.17, 15) is 15.3 Å². The second-order valence-corrected chi connectivity index (χ2v) is 11.5. The van der Waals surface area contributed by atoms with E-state index in [1.807, 2.05) is 37.3 Å². The van der Waals surface area contributed by atoms with Gasteiger partial charge in [0.05, 0.1) is 16.6 Å². The number of benzene rings is 2. The van der Waals surface area contributed by atoms with Crippen LogP contribution < -0.4 is 14.8 Å². The van der Waals surface area contributed by atoms with Crippen molar-refractivity contribution in [3.05, 3.63) is 77.1 Å². The Morgan fingerprint density at radius 1 is 1.19 bits per heavy atom. The Morgan fingerprint density at radius 3 is 2.65 bits per heavy atom. The number of anilines is 1. The summed E-state index contributed by atoms with van der Waals surface area (Å²) in [6, 6.07) is 15.8. The first-order valence-electron chi connectivity index (χ1n) is 11.7. The predicted octanol–water partition coefficient (Wildman–Crippen LogP) is 7.39. The van der Waals surface area contributed by atoms with Gasteiger partial charge in [-0.1, -0.05) is 12.1 Å². The van der Waals surface area contributed by atoms with E-state index in [1.165, 1.54) is 17.4 Å². The molecule has 0 radical (unpaired) electrons. The molecule has 37 heavy (non-hydrogen) atoms. The molecule has 1 heterocycles. The van der Waals surface area contributed by atoms with Crippen molar-refractivity contribution >= 4 is 66.8 Å². The number of halogens is 2. The van der Waals surface area contributed by atoms with Gasteiger partial charge >= 0.3 is 0 Å². The highest BCUT2D eigenvalue weighted by Crippen LogP contribution is 2.39. The topological polar surface area (TPSA) is 95.1 Å². The van der Waals surface area contributed by atoms with Crippen LogP contribution in [0.3, 0.4) is 0 Å². The first-order valence-corrected chi connectivity index (χ1v) is 14.4. The number of amides is 1. The lowest BCUT2D eigenvalue weighted by atomic mass is 9.96. The van der Waals surface area contributed by atoms with Crippen LogP contribution in [-0.2, 0) is 24.2 Å². The van der Waals surface area contributed by atoms with Crippen molar-refractivity contribution in [2.45, 2.75) is 39.2 Å². The number of hydrogen-bond donors (Lipinski definition) is 1. The maximum Gasteiger partial charge on any atom is 0.266 e. The van der Waals surface area contributed by atoms with Gasteiger partial charge in [0.2, 0.25) is 0 Å². The zero-order valence-electron chi connectivity index (χ0n) is 20.1. The molecular formula is C28H23BrIN3O3S. The van der Waals surface area contributed by atoms with Crippen molar-refractivity contribution in [3.63, 3.8) is 0 Å². The van der Waals surface area contributed by atoms with Crippen molar-refractivity contribution in [2.24, 2.45) is 0 Å². The highest BCUT2D eigenvalue weighted by Gasteiger charge is 2.23. The van der Waals surface area contributed by atoms with Crippen LogP contribution in [0.2, 0.25) is 0 Å². The number of ether oxygens (including phenoxy) is 2. The van der Waals surface area contributed by atoms with Crippen molar-refractivity contribution < 1.29 is 14.3 Å². The van der Waals surface area contributed by atoms with Gasteiger partial charge < -0.3 is 14.8 Å². The minimum Gasteiger partial charge on any atom is -0.490 e. The average Bonchev–Trinajstić information content (AvgIpc) is 3.24. The first-order chi connectivity index (χ1) is 17.9. The van der Waals surface area contributed by atoms with E-state index in [-0.39, 0.29) is 5.57 Å². The second kappa shape index (κ2) is 12.6. The van der Waals surface area contributed by atoms with Gasteiger partial charge in [0.25, 0.3) is 5.91 Å². The van der Waals surface area contributed by atoms with Gasteiger partial charge in [-0.15, -0.1) is 11.3 Å². The number of aryl methyl sites for hydroxylation is 1. The summed E-state index contributed by atoms with van der Waals surface area (Å²) in [5, 5.41) is 22.7. The summed E-state index contributed by atoms with van der Waals surface area (Å²) in [5.41, 5.74) is 3.10. The molecule has 2 aromatic carbocycles. The highest BCUT2D eigenvalue weighted by atomic mass is 127. The Hall–Kier alpha value is -2.86. The maximum atomic E-state index is 13.0. The molecule has 0 bridgehead atoms. The number of carbonyl (C=O) groups excluding carboxylic acids is 1. The van der Waals surface area contributed by atoms with Gasteiger partial charge in [0.1, 0.15) is 29.3 Å². The summed E-state index contributed by atoms with van der Waals surface area (Å²) in [4.78, 5) is 14.1. The summed E-state index contributed by atoms with van der Waals surface area (Å²) in [6.07, 6.45) is 5.38. The normalized spacial score (nSPS) is 12.7. The molecule has 1 aliphatic rings. The summed E-state index contributed by atoms with van der Waals surface area (Å²) in [7, 11) is 0. The van der Waals surface area contributed by atoms with Crippen molar-refractivity contribution in [3.8, 4) is 23.6 Å². The second-order valence-electron chi connectivity index (χ2n) is 8.33. The molecule has 0 saturated heterocycles. The van der Waals surface area contributed by atoms with E-state index in [1.54, 1.807) is 12.1 Å². The van der Waals surface area contributed by atoms with Crippen LogP contribution in [0.1, 0.15) is 46.9 Å². The van der Waals surface area contributed by atoms with Gasteiger partial charge in [-0.25, -0.2) is 0 Å². The van der Waals surface area contributed by atoms with Crippen LogP contribution in [0, 0.1) is 26.2 Å². The van der Waals surface area contributed by atoms with E-state index < -0.39 is 5.91 Å². The van der Waals surface area contributed by atoms with E-state index >= 15 is 0 Å². The molecule has 3 aromatic rings. The van der Waals surface area contributed by atoms with Crippen molar-refractivity contribution in [2.75, 3.05) is 11.9 Å². The monoisotopic (exact) mass is 687 g/mol. The quantitative estimate of drug-likeness (QED) is 0.151. The molecule has 0 saturated carbocycles. The fourth-order valence-corrected chi connectivity index (χ4v) is 6.24. The third kappa shape index (κ3) is 6.53. The fraction of sp³-hybridized carbons (Fsp3) is 0.250. The van der Waals surface area contributed by atoms with Gasteiger partial charge in [-0.3, -0.25) is 4.79 Å². The molecule has 0 unspecified atom stereocenters. The van der Waals surface area contributed by atoms with Gasteiger partial charge in [0.15, 0.2) is 11.5 Å². The molecule has 9 heteroatoms. The lowest BCUT2D eigenvalue weighted by Gasteiger charge is -2.15. The lowest BCUT2D eigenvalue weighted by Crippen LogP contribution is -2.13. The number of thiophene rings is 1. The molecule has 0 aliphatic heterocycles. The lowest BCUT2D eigenvalue weighted by molar-refractivity contribution is -0.112. The van der Waals surface area contributed by atoms with E-state index in [0.717, 1.165) is 45.3 Å². The van der Waals surface area contributed by atoms with Crippen LogP contribution in [0.25, 0.3) is 6.08 Å². The Labute approximate surface area is 242 Å². The maximum absolute atomic E-state index is 13.0. The standard InChI is InChI=1S/C28H23BrIN3O3S/c1-2-35-24-13-18(12-23(29)26(24)36-16-17-7-9-20(30)10-8-17)11-19(14-31)27(34)33-28-22(15-32)21-5-3-4-6-25(21)37-28/h7-13H,2-6,16H2,1H3,(H,33,34)/b19-11+. The molecular weight excluding hydrogens is 665 g/mol. The zero-order valence-corrected chi connectivity index (χ0v) is 24.6. The molecule has 1 aliphatic carbocycles. The van der Waals surface area contributed by atoms with E-state index in [0.29, 0.717) is 45.3 Å². The molecule has 0 atom stereocenters. The molecule has 0 spiro atoms. The number of fused-ring (bicyclic) bond motifs is 1. The number of nitrogens with zero attached hydrogens (tertiary/aromatic N) is 2. The van der Waals surface area contributed by atoms with Crippen molar-refractivity contribution in [1.29, 1.82) is 10.5 Å². The van der Waals surface area contributed by atoms with Gasteiger partial charge in [-0.05, 0) is 118 Å². The van der Waals surface area contributed by atoms with Crippen LogP contribution >= 0.6 is 49.9 Å². The largest absolute Gasteiger partial charge is 0.490 e. The number of hydrogen-bond acceptors (Lipinski definition) is 6. The van der Waals surface area contributed by atoms with Gasteiger partial charge in [0, 0.05) is 8.45 Å². The summed E-state index contributed by atoms with van der Waals surface area (Å²) < 4.78 is 13.7. The highest BCUT2D eigenvalue weighted by molar-refractivity contribution is 14.1. The Bertz CT molecular complexity index is 1430. The molecule has 4 rings (SSSR count).